The number of aromatic nitrogens is 4. The summed E-state index contributed by atoms with van der Waals surface area (Å²) in [7, 11) is 0. The molecule has 3 aromatic rings. The van der Waals surface area contributed by atoms with Crippen molar-refractivity contribution in [2.75, 3.05) is 37.9 Å². The number of benzene rings is 1. The number of piperazine rings is 1. The Morgan fingerprint density at radius 3 is 2.48 bits per heavy atom. The maximum absolute atomic E-state index is 5.49. The number of ether oxygens (including phenoxy) is 2. The minimum Gasteiger partial charge on any atom is -0.454 e. The van der Waals surface area contributed by atoms with Crippen LogP contribution in [0.2, 0.25) is 0 Å². The van der Waals surface area contributed by atoms with Crippen molar-refractivity contribution >= 4 is 5.82 Å². The number of anilines is 1. The maximum Gasteiger partial charge on any atom is 0.231 e. The van der Waals surface area contributed by atoms with E-state index in [0.717, 1.165) is 67.2 Å². The molecule has 0 saturated carbocycles. The molecule has 0 N–H and O–H groups in total. The Balaban J connectivity index is 1.24. The van der Waals surface area contributed by atoms with Gasteiger partial charge in [0.15, 0.2) is 17.3 Å². The molecule has 0 radical (unpaired) electrons. The normalized spacial score (nSPS) is 16.4. The second-order valence-corrected chi connectivity index (χ2v) is 7.52. The van der Waals surface area contributed by atoms with E-state index >= 15 is 0 Å². The zero-order chi connectivity index (χ0) is 19.8. The van der Waals surface area contributed by atoms with Gasteiger partial charge in [0.25, 0.3) is 0 Å². The van der Waals surface area contributed by atoms with Gasteiger partial charge in [-0.25, -0.2) is 14.6 Å². The van der Waals surface area contributed by atoms with Gasteiger partial charge < -0.3 is 14.4 Å². The first-order valence-corrected chi connectivity index (χ1v) is 9.87. The molecule has 0 aliphatic carbocycles. The fraction of sp³-hybridized carbons (Fsp3) is 0.381. The van der Waals surface area contributed by atoms with E-state index in [0.29, 0.717) is 6.79 Å². The van der Waals surface area contributed by atoms with Crippen molar-refractivity contribution in [3.8, 4) is 17.3 Å². The summed E-state index contributed by atoms with van der Waals surface area (Å²) >= 11 is 0. The van der Waals surface area contributed by atoms with Gasteiger partial charge in [0.2, 0.25) is 6.79 Å². The van der Waals surface area contributed by atoms with Crippen LogP contribution in [0.5, 0.6) is 11.5 Å². The van der Waals surface area contributed by atoms with Gasteiger partial charge in [0.1, 0.15) is 12.1 Å². The van der Waals surface area contributed by atoms with Crippen LogP contribution in [-0.4, -0.2) is 57.6 Å². The quantitative estimate of drug-likeness (QED) is 0.675. The van der Waals surface area contributed by atoms with E-state index in [1.807, 2.05) is 30.7 Å². The molecule has 0 bridgehead atoms. The highest BCUT2D eigenvalue weighted by Crippen LogP contribution is 2.33. The van der Waals surface area contributed by atoms with Crippen molar-refractivity contribution < 1.29 is 9.47 Å². The number of nitrogens with zero attached hydrogens (tertiary/aromatic N) is 6. The fourth-order valence-corrected chi connectivity index (χ4v) is 3.92. The number of hydrogen-bond acceptors (Lipinski definition) is 7. The molecule has 0 amide bonds. The molecule has 1 aromatic carbocycles. The summed E-state index contributed by atoms with van der Waals surface area (Å²) in [6, 6.07) is 10.3. The zero-order valence-electron chi connectivity index (χ0n) is 16.7. The Bertz CT molecular complexity index is 1030. The summed E-state index contributed by atoms with van der Waals surface area (Å²) in [5.74, 6) is 3.44. The van der Waals surface area contributed by atoms with Gasteiger partial charge in [-0.3, -0.25) is 4.90 Å². The van der Waals surface area contributed by atoms with Crippen molar-refractivity contribution in [3.63, 3.8) is 0 Å². The summed E-state index contributed by atoms with van der Waals surface area (Å²) in [4.78, 5) is 13.7. The van der Waals surface area contributed by atoms with Crippen LogP contribution in [0.25, 0.3) is 5.82 Å². The van der Waals surface area contributed by atoms with Gasteiger partial charge in [0, 0.05) is 44.5 Å². The molecule has 8 nitrogen and oxygen atoms in total. The standard InChI is InChI=1S/C21H24N6O2/c1-15-9-16(2)27(24-15)21-11-20(22-13-23-21)26-7-5-25(6-8-26)12-17-3-4-18-19(10-17)29-14-28-18/h3-4,9-11,13H,5-8,12,14H2,1-2H3. The van der Waals surface area contributed by atoms with Crippen LogP contribution in [0, 0.1) is 13.8 Å². The molecule has 150 valence electrons. The Morgan fingerprint density at radius 2 is 1.69 bits per heavy atom. The molecule has 2 aliphatic rings. The summed E-state index contributed by atoms with van der Waals surface area (Å²) in [6.07, 6.45) is 1.63. The van der Waals surface area contributed by atoms with Crippen LogP contribution >= 0.6 is 0 Å². The van der Waals surface area contributed by atoms with Crippen LogP contribution < -0.4 is 14.4 Å². The second kappa shape index (κ2) is 7.36. The minimum absolute atomic E-state index is 0.315. The van der Waals surface area contributed by atoms with E-state index in [2.05, 4.69) is 43.1 Å². The second-order valence-electron chi connectivity index (χ2n) is 7.52. The summed E-state index contributed by atoms with van der Waals surface area (Å²) < 4.78 is 12.8. The summed E-state index contributed by atoms with van der Waals surface area (Å²) in [5.41, 5.74) is 3.30. The minimum atomic E-state index is 0.315. The maximum atomic E-state index is 5.49. The van der Waals surface area contributed by atoms with Crippen LogP contribution in [-0.2, 0) is 6.54 Å². The van der Waals surface area contributed by atoms with Gasteiger partial charge in [-0.15, -0.1) is 0 Å². The molecule has 0 atom stereocenters. The lowest BCUT2D eigenvalue weighted by Crippen LogP contribution is -2.46. The Morgan fingerprint density at radius 1 is 0.897 bits per heavy atom. The molecule has 0 spiro atoms. The van der Waals surface area contributed by atoms with Crippen LogP contribution in [0.1, 0.15) is 17.0 Å². The average molecular weight is 392 g/mol. The number of rotatable bonds is 4. The first-order valence-electron chi connectivity index (χ1n) is 9.87. The highest BCUT2D eigenvalue weighted by Gasteiger charge is 2.20. The SMILES string of the molecule is Cc1cc(C)n(-c2cc(N3CCN(Cc4ccc5c(c4)OCO5)CC3)ncn2)n1. The van der Waals surface area contributed by atoms with Gasteiger partial charge in [-0.2, -0.15) is 5.10 Å². The molecule has 2 aliphatic heterocycles. The predicted octanol–water partition coefficient (Wildman–Crippen LogP) is 2.33. The van der Waals surface area contributed by atoms with Crippen molar-refractivity contribution in [2.45, 2.75) is 20.4 Å². The Kier molecular flexibility index (Phi) is 4.55. The highest BCUT2D eigenvalue weighted by atomic mass is 16.7. The van der Waals surface area contributed by atoms with E-state index in [4.69, 9.17) is 9.47 Å². The number of aryl methyl sites for hydroxylation is 2. The van der Waals surface area contributed by atoms with E-state index in [1.54, 1.807) is 6.33 Å². The largest absolute Gasteiger partial charge is 0.454 e. The van der Waals surface area contributed by atoms with Gasteiger partial charge in [-0.1, -0.05) is 6.07 Å². The molecule has 29 heavy (non-hydrogen) atoms. The predicted molar refractivity (Wildman–Crippen MR) is 109 cm³/mol. The van der Waals surface area contributed by atoms with Crippen molar-refractivity contribution in [1.29, 1.82) is 0 Å². The molecule has 8 heteroatoms. The highest BCUT2D eigenvalue weighted by molar-refractivity contribution is 5.45. The number of fused-ring (bicyclic) bond motifs is 1. The third-order valence-electron chi connectivity index (χ3n) is 5.40. The van der Waals surface area contributed by atoms with Crippen LogP contribution in [0.3, 0.4) is 0 Å². The van der Waals surface area contributed by atoms with E-state index in [9.17, 15) is 0 Å². The lowest BCUT2D eigenvalue weighted by molar-refractivity contribution is 0.174. The molecular weight excluding hydrogens is 368 g/mol. The molecule has 2 aromatic heterocycles. The van der Waals surface area contributed by atoms with Crippen LogP contribution in [0.4, 0.5) is 5.82 Å². The lowest BCUT2D eigenvalue weighted by atomic mass is 10.1. The van der Waals surface area contributed by atoms with Gasteiger partial charge in [0.05, 0.1) is 5.69 Å². The molecule has 5 rings (SSSR count). The third kappa shape index (κ3) is 3.63. The Labute approximate surface area is 169 Å². The molecule has 4 heterocycles. The first kappa shape index (κ1) is 17.9. The van der Waals surface area contributed by atoms with Gasteiger partial charge in [-0.05, 0) is 37.6 Å². The van der Waals surface area contributed by atoms with Crippen LogP contribution in [0.15, 0.2) is 36.7 Å². The summed E-state index contributed by atoms with van der Waals surface area (Å²) in [5, 5.41) is 4.53. The van der Waals surface area contributed by atoms with Crippen molar-refractivity contribution in [2.24, 2.45) is 0 Å². The molecule has 1 saturated heterocycles. The topological polar surface area (TPSA) is 68.5 Å². The lowest BCUT2D eigenvalue weighted by Gasteiger charge is -2.35. The van der Waals surface area contributed by atoms with E-state index in [-0.39, 0.29) is 0 Å². The zero-order valence-corrected chi connectivity index (χ0v) is 16.7. The number of hydrogen-bond donors (Lipinski definition) is 0. The van der Waals surface area contributed by atoms with Crippen molar-refractivity contribution in [1.82, 2.24) is 24.6 Å². The molecule has 0 unspecified atom stereocenters. The smallest absolute Gasteiger partial charge is 0.231 e. The van der Waals surface area contributed by atoms with Gasteiger partial charge >= 0.3 is 0 Å². The third-order valence-corrected chi connectivity index (χ3v) is 5.40. The molecule has 1 fully saturated rings. The van der Waals surface area contributed by atoms with E-state index < -0.39 is 0 Å². The van der Waals surface area contributed by atoms with Crippen molar-refractivity contribution in [3.05, 3.63) is 53.6 Å². The Hall–Kier alpha value is -3.13. The molecular formula is C21H24N6O2. The average Bonchev–Trinajstić information content (AvgIpc) is 3.34. The van der Waals surface area contributed by atoms with E-state index in [1.165, 1.54) is 5.56 Å². The monoisotopic (exact) mass is 392 g/mol. The fourth-order valence-electron chi connectivity index (χ4n) is 3.92. The summed E-state index contributed by atoms with van der Waals surface area (Å²) in [6.45, 7) is 9.07. The first-order chi connectivity index (χ1) is 14.2.